The summed E-state index contributed by atoms with van der Waals surface area (Å²) in [6.45, 7) is 4.44. The zero-order valence-corrected chi connectivity index (χ0v) is 20.2. The van der Waals surface area contributed by atoms with Crippen LogP contribution in [0.3, 0.4) is 0 Å². The van der Waals surface area contributed by atoms with Crippen LogP contribution >= 0.6 is 11.6 Å². The molecule has 2 aromatic carbocycles. The molecule has 3 heterocycles. The highest BCUT2D eigenvalue weighted by molar-refractivity contribution is 6.33. The third-order valence-corrected chi connectivity index (χ3v) is 7.01. The molecule has 0 N–H and O–H groups in total. The van der Waals surface area contributed by atoms with Crippen molar-refractivity contribution in [3.05, 3.63) is 81.7 Å². The second kappa shape index (κ2) is 9.54. The highest BCUT2D eigenvalue weighted by atomic mass is 35.5. The molecular formula is C26H26ClN5O3. The van der Waals surface area contributed by atoms with Gasteiger partial charge in [-0.3, -0.25) is 14.4 Å². The van der Waals surface area contributed by atoms with Crippen LogP contribution in [-0.4, -0.2) is 59.2 Å². The summed E-state index contributed by atoms with van der Waals surface area (Å²) in [7, 11) is 0. The van der Waals surface area contributed by atoms with Crippen molar-refractivity contribution in [2.24, 2.45) is 5.92 Å². The first-order valence-corrected chi connectivity index (χ1v) is 12.0. The van der Waals surface area contributed by atoms with Gasteiger partial charge in [0, 0.05) is 44.8 Å². The maximum Gasteiger partial charge on any atom is 0.292 e. The fourth-order valence-electron chi connectivity index (χ4n) is 4.67. The van der Waals surface area contributed by atoms with E-state index in [9.17, 15) is 14.4 Å². The summed E-state index contributed by atoms with van der Waals surface area (Å²) in [5.74, 6) is -0.380. The lowest BCUT2D eigenvalue weighted by molar-refractivity contribution is -0.136. The number of halogens is 1. The first-order chi connectivity index (χ1) is 16.9. The van der Waals surface area contributed by atoms with E-state index in [1.807, 2.05) is 54.3 Å². The van der Waals surface area contributed by atoms with Crippen molar-refractivity contribution in [1.82, 2.24) is 14.7 Å². The smallest absolute Gasteiger partial charge is 0.292 e. The minimum atomic E-state index is -0.380. The Hall–Kier alpha value is -3.65. The first kappa shape index (κ1) is 23.1. The Morgan fingerprint density at radius 3 is 2.31 bits per heavy atom. The molecular weight excluding hydrogens is 466 g/mol. The van der Waals surface area contributed by atoms with E-state index >= 15 is 0 Å². The van der Waals surface area contributed by atoms with Gasteiger partial charge in [0.25, 0.3) is 5.56 Å². The van der Waals surface area contributed by atoms with Crippen LogP contribution in [0.15, 0.2) is 65.6 Å². The molecule has 1 aromatic heterocycles. The molecule has 0 aliphatic carbocycles. The molecule has 9 heteroatoms. The zero-order chi connectivity index (χ0) is 24.5. The lowest BCUT2D eigenvalue weighted by Gasteiger charge is -2.37. The Labute approximate surface area is 208 Å². The van der Waals surface area contributed by atoms with Gasteiger partial charge < -0.3 is 14.7 Å². The lowest BCUT2D eigenvalue weighted by Crippen LogP contribution is -2.51. The Balaban J connectivity index is 1.23. The van der Waals surface area contributed by atoms with Crippen LogP contribution < -0.4 is 15.4 Å². The second-order valence-corrected chi connectivity index (χ2v) is 9.33. The summed E-state index contributed by atoms with van der Waals surface area (Å²) in [5.41, 5.74) is 2.78. The van der Waals surface area contributed by atoms with Crippen molar-refractivity contribution in [2.75, 3.05) is 42.5 Å². The Kier molecular flexibility index (Phi) is 6.30. The van der Waals surface area contributed by atoms with Crippen molar-refractivity contribution in [3.63, 3.8) is 0 Å². The summed E-state index contributed by atoms with van der Waals surface area (Å²) in [6.07, 6.45) is 1.82. The van der Waals surface area contributed by atoms with Crippen LogP contribution in [0.2, 0.25) is 5.02 Å². The molecule has 1 unspecified atom stereocenters. The molecule has 0 saturated carbocycles. The number of hydrogen-bond donors (Lipinski definition) is 0. The molecule has 1 atom stereocenters. The van der Waals surface area contributed by atoms with Crippen molar-refractivity contribution >= 4 is 34.8 Å². The van der Waals surface area contributed by atoms with E-state index < -0.39 is 0 Å². The maximum absolute atomic E-state index is 13.2. The summed E-state index contributed by atoms with van der Waals surface area (Å²) in [4.78, 5) is 44.1. The van der Waals surface area contributed by atoms with Gasteiger partial charge in [-0.2, -0.15) is 9.78 Å². The van der Waals surface area contributed by atoms with Gasteiger partial charge in [-0.25, -0.2) is 0 Å². The molecule has 8 nitrogen and oxygen atoms in total. The van der Waals surface area contributed by atoms with Crippen molar-refractivity contribution in [3.8, 4) is 5.69 Å². The van der Waals surface area contributed by atoms with Gasteiger partial charge in [0.1, 0.15) is 5.02 Å². The molecule has 180 valence electrons. The Morgan fingerprint density at radius 2 is 1.63 bits per heavy atom. The monoisotopic (exact) mass is 491 g/mol. The van der Waals surface area contributed by atoms with E-state index in [1.165, 1.54) is 4.68 Å². The fourth-order valence-corrected chi connectivity index (χ4v) is 4.92. The standard InChI is InChI=1S/C26H26ClN5O3/c1-18-7-9-20(10-8-18)31-17-19(15-23(31)33)25(34)30-13-11-29(12-14-30)22-16-28-32(26(35)24(22)27)21-5-3-2-4-6-21/h2-10,16,19H,11-15,17H2,1H3. The number of aromatic nitrogens is 2. The van der Waals surface area contributed by atoms with Crippen LogP contribution in [0.25, 0.3) is 5.69 Å². The summed E-state index contributed by atoms with van der Waals surface area (Å²) in [5, 5.41) is 4.42. The molecule has 0 spiro atoms. The summed E-state index contributed by atoms with van der Waals surface area (Å²) < 4.78 is 1.28. The molecule has 2 saturated heterocycles. The molecule has 5 rings (SSSR count). The number of para-hydroxylation sites is 1. The normalized spacial score (nSPS) is 18.3. The molecule has 3 aromatic rings. The SMILES string of the molecule is Cc1ccc(N2CC(C(=O)N3CCN(c4cnn(-c5ccccc5)c(=O)c4Cl)CC3)CC2=O)cc1. The minimum absolute atomic E-state index is 0.00340. The number of carbonyl (C=O) groups is 2. The third kappa shape index (κ3) is 4.53. The van der Waals surface area contributed by atoms with Gasteiger partial charge in [0.15, 0.2) is 0 Å². The van der Waals surface area contributed by atoms with Crippen molar-refractivity contribution < 1.29 is 9.59 Å². The highest BCUT2D eigenvalue weighted by Crippen LogP contribution is 2.28. The van der Waals surface area contributed by atoms with Gasteiger partial charge in [0.05, 0.1) is 23.5 Å². The van der Waals surface area contributed by atoms with Crippen molar-refractivity contribution in [2.45, 2.75) is 13.3 Å². The fraction of sp³-hybridized carbons (Fsp3) is 0.308. The van der Waals surface area contributed by atoms with Gasteiger partial charge in [0.2, 0.25) is 11.8 Å². The largest absolute Gasteiger partial charge is 0.365 e. The van der Waals surface area contributed by atoms with E-state index in [0.29, 0.717) is 44.1 Å². The Morgan fingerprint density at radius 1 is 0.943 bits per heavy atom. The number of hydrogen-bond acceptors (Lipinski definition) is 5. The molecule has 35 heavy (non-hydrogen) atoms. The second-order valence-electron chi connectivity index (χ2n) is 8.95. The molecule has 2 amide bonds. The quantitative estimate of drug-likeness (QED) is 0.560. The number of piperazine rings is 1. The number of nitrogens with zero attached hydrogens (tertiary/aromatic N) is 5. The highest BCUT2D eigenvalue weighted by Gasteiger charge is 2.38. The minimum Gasteiger partial charge on any atom is -0.365 e. The molecule has 0 bridgehead atoms. The predicted molar refractivity (Wildman–Crippen MR) is 135 cm³/mol. The Bertz CT molecular complexity index is 1300. The predicted octanol–water partition coefficient (Wildman–Crippen LogP) is 2.90. The maximum atomic E-state index is 13.2. The van der Waals surface area contributed by atoms with E-state index in [4.69, 9.17) is 11.6 Å². The van der Waals surface area contributed by atoms with Gasteiger partial charge in [-0.1, -0.05) is 47.5 Å². The number of aryl methyl sites for hydroxylation is 1. The van der Waals surface area contributed by atoms with Crippen LogP contribution in [0.1, 0.15) is 12.0 Å². The van der Waals surface area contributed by atoms with Gasteiger partial charge in [-0.15, -0.1) is 0 Å². The average molecular weight is 492 g/mol. The average Bonchev–Trinajstić information content (AvgIpc) is 3.28. The van der Waals surface area contributed by atoms with Crippen LogP contribution in [0.5, 0.6) is 0 Å². The summed E-state index contributed by atoms with van der Waals surface area (Å²) in [6, 6.07) is 16.9. The number of benzene rings is 2. The van der Waals surface area contributed by atoms with Crippen LogP contribution in [0, 0.1) is 12.8 Å². The lowest BCUT2D eigenvalue weighted by atomic mass is 10.1. The molecule has 2 aliphatic heterocycles. The first-order valence-electron chi connectivity index (χ1n) is 11.7. The van der Waals surface area contributed by atoms with Crippen LogP contribution in [0.4, 0.5) is 11.4 Å². The van der Waals surface area contributed by atoms with E-state index in [-0.39, 0.29) is 34.7 Å². The number of anilines is 2. The molecule has 2 fully saturated rings. The van der Waals surface area contributed by atoms with Crippen molar-refractivity contribution in [1.29, 1.82) is 0 Å². The zero-order valence-electron chi connectivity index (χ0n) is 19.4. The van der Waals surface area contributed by atoms with Gasteiger partial charge in [-0.05, 0) is 31.2 Å². The van der Waals surface area contributed by atoms with E-state index in [2.05, 4.69) is 5.10 Å². The molecule has 2 aliphatic rings. The summed E-state index contributed by atoms with van der Waals surface area (Å²) >= 11 is 6.45. The van der Waals surface area contributed by atoms with E-state index in [0.717, 1.165) is 11.3 Å². The van der Waals surface area contributed by atoms with Gasteiger partial charge >= 0.3 is 0 Å². The number of rotatable bonds is 4. The number of amides is 2. The third-order valence-electron chi connectivity index (χ3n) is 6.65. The molecule has 0 radical (unpaired) electrons. The van der Waals surface area contributed by atoms with Crippen LogP contribution in [-0.2, 0) is 9.59 Å². The number of carbonyl (C=O) groups excluding carboxylic acids is 2. The topological polar surface area (TPSA) is 78.8 Å². The van der Waals surface area contributed by atoms with E-state index in [1.54, 1.807) is 28.1 Å².